The highest BCUT2D eigenvalue weighted by Crippen LogP contribution is 2.49. The first-order valence-corrected chi connectivity index (χ1v) is 9.54. The molecule has 1 saturated heterocycles. The maximum absolute atomic E-state index is 10.5. The van der Waals surface area contributed by atoms with Gasteiger partial charge in [-0.05, 0) is 23.3 Å². The quantitative estimate of drug-likeness (QED) is 0.397. The molecule has 0 amide bonds. The Hall–Kier alpha value is -2.40. The summed E-state index contributed by atoms with van der Waals surface area (Å²) in [6.45, 7) is -0.569. The van der Waals surface area contributed by atoms with Crippen molar-refractivity contribution >= 4 is 0 Å². The van der Waals surface area contributed by atoms with Crippen LogP contribution in [-0.2, 0) is 11.2 Å². The molecule has 2 aromatic carbocycles. The van der Waals surface area contributed by atoms with Gasteiger partial charge in [-0.15, -0.1) is 0 Å². The SMILES string of the molecule is COc1cc(O[C@@H]2O[C@H](CO)[C@@H](O)[C@H](O)[C@H]2O)cc2c1-c1c(O)cccc1[C@@H](O)C2. The Balaban J connectivity index is 1.71. The van der Waals surface area contributed by atoms with E-state index in [1.54, 1.807) is 18.2 Å². The lowest BCUT2D eigenvalue weighted by molar-refractivity contribution is -0.277. The van der Waals surface area contributed by atoms with Crippen LogP contribution in [0.4, 0.5) is 0 Å². The smallest absolute Gasteiger partial charge is 0.229 e. The van der Waals surface area contributed by atoms with E-state index in [2.05, 4.69) is 0 Å². The molecule has 6 N–H and O–H groups in total. The Morgan fingerprint density at radius 3 is 2.50 bits per heavy atom. The van der Waals surface area contributed by atoms with Crippen LogP contribution < -0.4 is 9.47 Å². The van der Waals surface area contributed by atoms with Gasteiger partial charge in [-0.1, -0.05) is 12.1 Å². The highest BCUT2D eigenvalue weighted by molar-refractivity contribution is 5.84. The third-order valence-electron chi connectivity index (χ3n) is 5.57. The first kappa shape index (κ1) is 20.9. The molecule has 1 aliphatic heterocycles. The van der Waals surface area contributed by atoms with Crippen LogP contribution in [0.3, 0.4) is 0 Å². The molecule has 1 fully saturated rings. The molecule has 1 aliphatic carbocycles. The van der Waals surface area contributed by atoms with Gasteiger partial charge < -0.3 is 44.8 Å². The number of phenolic OH excluding ortho intramolecular Hbond substituents is 1. The number of hydrogen-bond acceptors (Lipinski definition) is 9. The molecular weight excluding hydrogens is 396 g/mol. The molecule has 1 heterocycles. The molecule has 162 valence electrons. The molecule has 6 atom stereocenters. The van der Waals surface area contributed by atoms with Gasteiger partial charge in [-0.2, -0.15) is 0 Å². The minimum absolute atomic E-state index is 0.00778. The molecule has 0 saturated carbocycles. The number of aromatic hydroxyl groups is 1. The Labute approximate surface area is 172 Å². The van der Waals surface area contributed by atoms with Crippen LogP contribution in [0.2, 0.25) is 0 Å². The average Bonchev–Trinajstić information content (AvgIpc) is 2.73. The number of aliphatic hydroxyl groups is 5. The van der Waals surface area contributed by atoms with Crippen LogP contribution in [0.1, 0.15) is 17.2 Å². The fourth-order valence-corrected chi connectivity index (χ4v) is 4.04. The zero-order valence-electron chi connectivity index (χ0n) is 16.2. The molecule has 0 spiro atoms. The van der Waals surface area contributed by atoms with Crippen molar-refractivity contribution in [2.75, 3.05) is 13.7 Å². The normalized spacial score (nSPS) is 30.3. The highest BCUT2D eigenvalue weighted by Gasteiger charge is 2.45. The van der Waals surface area contributed by atoms with Crippen molar-refractivity contribution < 1.29 is 44.8 Å². The van der Waals surface area contributed by atoms with Gasteiger partial charge in [-0.3, -0.25) is 0 Å². The Morgan fingerprint density at radius 2 is 1.80 bits per heavy atom. The summed E-state index contributed by atoms with van der Waals surface area (Å²) < 4.78 is 16.6. The molecule has 4 rings (SSSR count). The van der Waals surface area contributed by atoms with Crippen molar-refractivity contribution in [2.24, 2.45) is 0 Å². The van der Waals surface area contributed by atoms with E-state index in [-0.39, 0.29) is 17.9 Å². The third-order valence-corrected chi connectivity index (χ3v) is 5.57. The van der Waals surface area contributed by atoms with E-state index in [1.807, 2.05) is 0 Å². The van der Waals surface area contributed by atoms with Crippen LogP contribution in [0, 0.1) is 0 Å². The number of fused-ring (bicyclic) bond motifs is 3. The second-order valence-electron chi connectivity index (χ2n) is 7.44. The minimum atomic E-state index is -1.56. The summed E-state index contributed by atoms with van der Waals surface area (Å²) in [4.78, 5) is 0. The van der Waals surface area contributed by atoms with Gasteiger partial charge in [0.25, 0.3) is 0 Å². The lowest BCUT2D eigenvalue weighted by Gasteiger charge is -2.39. The molecule has 9 heteroatoms. The molecule has 0 radical (unpaired) electrons. The van der Waals surface area contributed by atoms with Gasteiger partial charge in [0.15, 0.2) is 0 Å². The van der Waals surface area contributed by atoms with Crippen molar-refractivity contribution in [1.29, 1.82) is 0 Å². The van der Waals surface area contributed by atoms with Crippen LogP contribution in [0.25, 0.3) is 11.1 Å². The van der Waals surface area contributed by atoms with Gasteiger partial charge in [-0.25, -0.2) is 0 Å². The van der Waals surface area contributed by atoms with Gasteiger partial charge in [0.05, 0.1) is 19.8 Å². The first-order chi connectivity index (χ1) is 14.3. The topological polar surface area (TPSA) is 149 Å². The maximum atomic E-state index is 10.5. The van der Waals surface area contributed by atoms with Crippen molar-refractivity contribution in [3.05, 3.63) is 41.5 Å². The van der Waals surface area contributed by atoms with Gasteiger partial charge >= 0.3 is 0 Å². The van der Waals surface area contributed by atoms with Crippen molar-refractivity contribution in [1.82, 2.24) is 0 Å². The van der Waals surface area contributed by atoms with E-state index in [1.165, 1.54) is 19.2 Å². The lowest BCUT2D eigenvalue weighted by atomic mass is 9.82. The molecule has 2 aromatic rings. The largest absolute Gasteiger partial charge is 0.507 e. The second kappa shape index (κ2) is 8.03. The number of benzene rings is 2. The van der Waals surface area contributed by atoms with E-state index in [9.17, 15) is 30.6 Å². The summed E-state index contributed by atoms with van der Waals surface area (Å²) in [5.41, 5.74) is 2.33. The Bertz CT molecular complexity index is 929. The van der Waals surface area contributed by atoms with E-state index in [0.717, 1.165) is 0 Å². The second-order valence-corrected chi connectivity index (χ2v) is 7.44. The monoisotopic (exact) mass is 420 g/mol. The fourth-order valence-electron chi connectivity index (χ4n) is 4.04. The molecule has 2 aliphatic rings. The number of rotatable bonds is 4. The fraction of sp³-hybridized carbons (Fsp3) is 0.429. The number of aliphatic hydroxyl groups excluding tert-OH is 5. The van der Waals surface area contributed by atoms with Crippen LogP contribution >= 0.6 is 0 Å². The van der Waals surface area contributed by atoms with Crippen molar-refractivity contribution in [2.45, 2.75) is 43.2 Å². The van der Waals surface area contributed by atoms with Crippen molar-refractivity contribution in [3.63, 3.8) is 0 Å². The predicted octanol–water partition coefficient (Wildman–Crippen LogP) is -0.164. The average molecular weight is 420 g/mol. The first-order valence-electron chi connectivity index (χ1n) is 9.54. The summed E-state index contributed by atoms with van der Waals surface area (Å²) in [7, 11) is 1.46. The Kier molecular flexibility index (Phi) is 5.58. The summed E-state index contributed by atoms with van der Waals surface area (Å²) in [5, 5.41) is 60.3. The van der Waals surface area contributed by atoms with Crippen molar-refractivity contribution in [3.8, 4) is 28.4 Å². The molecule has 0 bridgehead atoms. The summed E-state index contributed by atoms with van der Waals surface area (Å²) in [6, 6.07) is 8.08. The van der Waals surface area contributed by atoms with E-state index in [4.69, 9.17) is 14.2 Å². The Morgan fingerprint density at radius 1 is 1.03 bits per heavy atom. The lowest BCUT2D eigenvalue weighted by Crippen LogP contribution is -2.60. The van der Waals surface area contributed by atoms with Gasteiger partial charge in [0, 0.05) is 23.6 Å². The number of methoxy groups -OCH3 is 1. The minimum Gasteiger partial charge on any atom is -0.507 e. The highest BCUT2D eigenvalue weighted by atomic mass is 16.7. The summed E-state index contributed by atoms with van der Waals surface area (Å²) in [6.07, 6.45) is -7.65. The number of phenols is 1. The molecule has 30 heavy (non-hydrogen) atoms. The van der Waals surface area contributed by atoms with E-state index >= 15 is 0 Å². The summed E-state index contributed by atoms with van der Waals surface area (Å²) >= 11 is 0. The van der Waals surface area contributed by atoms with Crippen LogP contribution in [0.15, 0.2) is 30.3 Å². The van der Waals surface area contributed by atoms with Gasteiger partial charge in [0.1, 0.15) is 41.7 Å². The molecule has 0 unspecified atom stereocenters. The summed E-state index contributed by atoms with van der Waals surface area (Å²) in [5.74, 6) is 0.608. The zero-order chi connectivity index (χ0) is 21.6. The molecule has 0 aromatic heterocycles. The molecular formula is C21H24O9. The van der Waals surface area contributed by atoms with Gasteiger partial charge in [0.2, 0.25) is 6.29 Å². The van der Waals surface area contributed by atoms with Crippen LogP contribution in [0.5, 0.6) is 17.2 Å². The predicted molar refractivity (Wildman–Crippen MR) is 103 cm³/mol. The standard InChI is InChI=1S/C21H24O9/c1-28-14-7-10(29-21-20(27)19(26)18(25)15(8-22)30-21)5-9-6-13(24)11-3-2-4-12(23)17(11)16(9)14/h2-5,7,13,15,18-27H,6,8H2,1H3/t13-,15+,18+,19-,20+,21+/m0/s1. The third kappa shape index (κ3) is 3.39. The zero-order valence-corrected chi connectivity index (χ0v) is 16.2. The number of hydrogen-bond donors (Lipinski definition) is 6. The van der Waals surface area contributed by atoms with Crippen LogP contribution in [-0.4, -0.2) is 75.1 Å². The number of ether oxygens (including phenoxy) is 3. The van der Waals surface area contributed by atoms with E-state index < -0.39 is 43.4 Å². The maximum Gasteiger partial charge on any atom is 0.229 e. The molecule has 9 nitrogen and oxygen atoms in total. The van der Waals surface area contributed by atoms with E-state index in [0.29, 0.717) is 28.0 Å².